The predicted octanol–water partition coefficient (Wildman–Crippen LogP) is 1.10. The van der Waals surface area contributed by atoms with Crippen molar-refractivity contribution < 1.29 is 19.4 Å². The molecule has 8 heteroatoms. The zero-order chi connectivity index (χ0) is 18.0. The van der Waals surface area contributed by atoms with Crippen LogP contribution in [0.4, 0.5) is 9.59 Å². The van der Waals surface area contributed by atoms with Gasteiger partial charge >= 0.3 is 12.2 Å². The summed E-state index contributed by atoms with van der Waals surface area (Å²) >= 11 is 0. The Hall–Kier alpha value is -1.54. The van der Waals surface area contributed by atoms with Gasteiger partial charge in [0.05, 0.1) is 0 Å². The molecule has 22 heavy (non-hydrogen) atoms. The van der Waals surface area contributed by atoms with Crippen LogP contribution in [0.25, 0.3) is 0 Å². The second kappa shape index (κ2) is 10.2. The molecule has 0 aliphatic carbocycles. The van der Waals surface area contributed by atoms with Crippen molar-refractivity contribution in [3.63, 3.8) is 0 Å². The van der Waals surface area contributed by atoms with Gasteiger partial charge in [0.1, 0.15) is 5.60 Å². The van der Waals surface area contributed by atoms with Crippen LogP contribution in [0.1, 0.15) is 41.5 Å². The summed E-state index contributed by atoms with van der Waals surface area (Å²) in [5.41, 5.74) is 10.0. The zero-order valence-electron chi connectivity index (χ0n) is 14.5. The molecule has 0 aromatic heterocycles. The Morgan fingerprint density at radius 3 is 1.86 bits per heavy atom. The van der Waals surface area contributed by atoms with Crippen LogP contribution in [0.5, 0.6) is 0 Å². The minimum atomic E-state index is -1.02. The Kier molecular flexibility index (Phi) is 10.6. The molecular weight excluding hydrogens is 288 g/mol. The predicted molar refractivity (Wildman–Crippen MR) is 86.7 cm³/mol. The van der Waals surface area contributed by atoms with Gasteiger partial charge in [-0.05, 0) is 26.2 Å². The summed E-state index contributed by atoms with van der Waals surface area (Å²) in [7, 11) is 0. The number of nitrogens with two attached hydrogens (primary N) is 2. The summed E-state index contributed by atoms with van der Waals surface area (Å²) in [6.07, 6.45) is -1.43. The molecule has 0 fully saturated rings. The second-order valence-corrected chi connectivity index (χ2v) is 6.82. The number of ether oxygens (including phenoxy) is 1. The Bertz CT molecular complexity index is 335. The van der Waals surface area contributed by atoms with Gasteiger partial charge in [-0.1, -0.05) is 20.8 Å². The molecule has 0 radical (unpaired) electrons. The number of nitrogens with one attached hydrogen (secondary N) is 2. The van der Waals surface area contributed by atoms with E-state index in [9.17, 15) is 9.59 Å². The standard InChI is InChI=1S/C11H24N2O2.C3H8N2O2/c1-10(2,3)8(7-12)13-9(14)15-11(4,5)6;4-1-2-5-3(6)7/h8H,7,12H2,1-6H3,(H,13,14);5H,1-2,4H2,(H,6,7). The van der Waals surface area contributed by atoms with Gasteiger partial charge in [-0.2, -0.15) is 0 Å². The maximum Gasteiger partial charge on any atom is 0.407 e. The van der Waals surface area contributed by atoms with Crippen molar-refractivity contribution in [2.75, 3.05) is 19.6 Å². The number of amides is 2. The normalized spacial score (nSPS) is 12.5. The van der Waals surface area contributed by atoms with Crippen molar-refractivity contribution in [3.8, 4) is 0 Å². The van der Waals surface area contributed by atoms with Gasteiger partial charge in [0.15, 0.2) is 0 Å². The van der Waals surface area contributed by atoms with Crippen LogP contribution >= 0.6 is 0 Å². The highest BCUT2D eigenvalue weighted by molar-refractivity contribution is 5.68. The first-order valence-electron chi connectivity index (χ1n) is 7.20. The van der Waals surface area contributed by atoms with Crippen molar-refractivity contribution in [2.45, 2.75) is 53.2 Å². The van der Waals surface area contributed by atoms with Gasteiger partial charge in [0.2, 0.25) is 0 Å². The third-order valence-electron chi connectivity index (χ3n) is 2.39. The average molecular weight is 320 g/mol. The van der Waals surface area contributed by atoms with Crippen LogP contribution in [0.15, 0.2) is 0 Å². The van der Waals surface area contributed by atoms with Crippen LogP contribution in [0.3, 0.4) is 0 Å². The lowest BCUT2D eigenvalue weighted by Gasteiger charge is -2.31. The lowest BCUT2D eigenvalue weighted by atomic mass is 9.87. The molecule has 0 aliphatic rings. The Morgan fingerprint density at radius 2 is 1.64 bits per heavy atom. The van der Waals surface area contributed by atoms with E-state index >= 15 is 0 Å². The first kappa shape index (κ1) is 22.7. The van der Waals surface area contributed by atoms with E-state index in [-0.39, 0.29) is 11.5 Å². The highest BCUT2D eigenvalue weighted by Crippen LogP contribution is 2.18. The van der Waals surface area contributed by atoms with E-state index in [1.165, 1.54) is 0 Å². The fraction of sp³-hybridized carbons (Fsp3) is 0.857. The lowest BCUT2D eigenvalue weighted by Crippen LogP contribution is -2.49. The first-order chi connectivity index (χ1) is 9.83. The van der Waals surface area contributed by atoms with Crippen LogP contribution in [0, 0.1) is 5.41 Å². The molecule has 0 aliphatic heterocycles. The third-order valence-corrected chi connectivity index (χ3v) is 2.39. The number of carbonyl (C=O) groups is 2. The molecule has 1 unspecified atom stereocenters. The van der Waals surface area contributed by atoms with E-state index < -0.39 is 17.8 Å². The molecule has 8 nitrogen and oxygen atoms in total. The largest absolute Gasteiger partial charge is 0.465 e. The first-order valence-corrected chi connectivity index (χ1v) is 7.20. The van der Waals surface area contributed by atoms with Gasteiger partial charge in [0.25, 0.3) is 0 Å². The second-order valence-electron chi connectivity index (χ2n) is 6.82. The summed E-state index contributed by atoms with van der Waals surface area (Å²) in [5, 5.41) is 12.7. The van der Waals surface area contributed by atoms with Crippen molar-refractivity contribution in [1.82, 2.24) is 10.6 Å². The summed E-state index contributed by atoms with van der Waals surface area (Å²) in [4.78, 5) is 21.1. The number of hydrogen-bond acceptors (Lipinski definition) is 5. The number of rotatable bonds is 4. The molecule has 132 valence electrons. The number of carboxylic acid groups (broad SMARTS) is 1. The van der Waals surface area contributed by atoms with Gasteiger partial charge < -0.3 is 31.9 Å². The highest BCUT2D eigenvalue weighted by Gasteiger charge is 2.26. The SMILES string of the molecule is CC(C)(C)OC(=O)NC(CN)C(C)(C)C.NCCNC(=O)O. The molecule has 0 aromatic rings. The van der Waals surface area contributed by atoms with Crippen LogP contribution in [0.2, 0.25) is 0 Å². The fourth-order valence-corrected chi connectivity index (χ4v) is 1.26. The Morgan fingerprint density at radius 1 is 1.14 bits per heavy atom. The molecular formula is C14H32N4O4. The molecule has 0 heterocycles. The molecule has 0 rings (SSSR count). The minimum absolute atomic E-state index is 0.0638. The van der Waals surface area contributed by atoms with E-state index in [4.69, 9.17) is 21.3 Å². The van der Waals surface area contributed by atoms with Crippen molar-refractivity contribution in [3.05, 3.63) is 0 Å². The molecule has 0 bridgehead atoms. The Balaban J connectivity index is 0. The smallest absolute Gasteiger partial charge is 0.407 e. The molecule has 0 aromatic carbocycles. The van der Waals surface area contributed by atoms with Gasteiger partial charge in [-0.3, -0.25) is 0 Å². The van der Waals surface area contributed by atoms with E-state index in [2.05, 4.69) is 10.6 Å². The quantitative estimate of drug-likeness (QED) is 0.525. The van der Waals surface area contributed by atoms with Crippen LogP contribution in [-0.4, -0.2) is 48.6 Å². The van der Waals surface area contributed by atoms with Crippen molar-refractivity contribution in [2.24, 2.45) is 16.9 Å². The van der Waals surface area contributed by atoms with E-state index in [1.807, 2.05) is 41.5 Å². The van der Waals surface area contributed by atoms with E-state index in [0.29, 0.717) is 19.6 Å². The zero-order valence-corrected chi connectivity index (χ0v) is 14.5. The number of carbonyl (C=O) groups excluding carboxylic acids is 1. The average Bonchev–Trinajstić information content (AvgIpc) is 2.30. The fourth-order valence-electron chi connectivity index (χ4n) is 1.26. The Labute approximate surface area is 132 Å². The molecule has 0 saturated heterocycles. The summed E-state index contributed by atoms with van der Waals surface area (Å²) < 4.78 is 5.16. The number of alkyl carbamates (subject to hydrolysis) is 1. The summed E-state index contributed by atoms with van der Waals surface area (Å²) in [6.45, 7) is 12.7. The van der Waals surface area contributed by atoms with Crippen molar-refractivity contribution in [1.29, 1.82) is 0 Å². The topological polar surface area (TPSA) is 140 Å². The molecule has 7 N–H and O–H groups in total. The van der Waals surface area contributed by atoms with Gasteiger partial charge in [-0.15, -0.1) is 0 Å². The van der Waals surface area contributed by atoms with Crippen molar-refractivity contribution >= 4 is 12.2 Å². The lowest BCUT2D eigenvalue weighted by molar-refractivity contribution is 0.0468. The summed E-state index contributed by atoms with van der Waals surface area (Å²) in [6, 6.07) is -0.0765. The number of hydrogen-bond donors (Lipinski definition) is 5. The van der Waals surface area contributed by atoms with Crippen LogP contribution in [-0.2, 0) is 4.74 Å². The maximum absolute atomic E-state index is 11.5. The highest BCUT2D eigenvalue weighted by atomic mass is 16.6. The molecule has 2 amide bonds. The third kappa shape index (κ3) is 14.9. The van der Waals surface area contributed by atoms with E-state index in [1.54, 1.807) is 0 Å². The summed E-state index contributed by atoms with van der Waals surface area (Å²) in [5.74, 6) is 0. The molecule has 0 spiro atoms. The maximum atomic E-state index is 11.5. The molecule has 1 atom stereocenters. The minimum Gasteiger partial charge on any atom is -0.465 e. The van der Waals surface area contributed by atoms with Gasteiger partial charge in [0, 0.05) is 25.7 Å². The van der Waals surface area contributed by atoms with E-state index in [0.717, 1.165) is 0 Å². The van der Waals surface area contributed by atoms with Crippen LogP contribution < -0.4 is 22.1 Å². The molecule has 0 saturated carbocycles. The van der Waals surface area contributed by atoms with Gasteiger partial charge in [-0.25, -0.2) is 9.59 Å². The monoisotopic (exact) mass is 320 g/mol.